The lowest BCUT2D eigenvalue weighted by atomic mass is 10.3. The fraction of sp³-hybridized carbons (Fsp3) is 1.00. The van der Waals surface area contributed by atoms with Gasteiger partial charge >= 0.3 is 0 Å². The van der Waals surface area contributed by atoms with Crippen LogP contribution in [0.1, 0.15) is 0 Å². The zero-order valence-corrected chi connectivity index (χ0v) is 9.29. The van der Waals surface area contributed by atoms with Gasteiger partial charge in [-0.25, -0.2) is 8.42 Å². The van der Waals surface area contributed by atoms with Gasteiger partial charge in [0.25, 0.3) is 0 Å². The molecular formula is C8H18N2O3S. The van der Waals surface area contributed by atoms with Crippen LogP contribution in [-0.2, 0) is 14.6 Å². The van der Waals surface area contributed by atoms with Gasteiger partial charge in [-0.1, -0.05) is 0 Å². The molecule has 6 heteroatoms. The molecule has 0 aromatic carbocycles. The molecule has 1 heterocycles. The Morgan fingerprint density at radius 1 is 1.57 bits per heavy atom. The summed E-state index contributed by atoms with van der Waals surface area (Å²) in [6.45, 7) is 2.77. The minimum Gasteiger partial charge on any atom is -0.383 e. The summed E-state index contributed by atoms with van der Waals surface area (Å²) >= 11 is 0. The molecule has 0 saturated carbocycles. The van der Waals surface area contributed by atoms with Crippen LogP contribution in [0, 0.1) is 0 Å². The van der Waals surface area contributed by atoms with Gasteiger partial charge in [0, 0.05) is 33.3 Å². The highest BCUT2D eigenvalue weighted by molar-refractivity contribution is 7.92. The summed E-state index contributed by atoms with van der Waals surface area (Å²) < 4.78 is 27.9. The third kappa shape index (κ3) is 2.91. The van der Waals surface area contributed by atoms with Gasteiger partial charge in [0.1, 0.15) is 0 Å². The van der Waals surface area contributed by atoms with Gasteiger partial charge in [0.15, 0.2) is 9.84 Å². The zero-order chi connectivity index (χ0) is 10.6. The third-order valence-electron chi connectivity index (χ3n) is 2.54. The van der Waals surface area contributed by atoms with Crippen molar-refractivity contribution in [1.82, 2.24) is 4.90 Å². The zero-order valence-electron chi connectivity index (χ0n) is 8.48. The molecule has 0 aliphatic carbocycles. The second-order valence-corrected chi connectivity index (χ2v) is 5.92. The molecule has 0 aromatic rings. The van der Waals surface area contributed by atoms with Gasteiger partial charge < -0.3 is 10.5 Å². The Morgan fingerprint density at radius 2 is 2.29 bits per heavy atom. The van der Waals surface area contributed by atoms with E-state index in [1.165, 1.54) is 0 Å². The van der Waals surface area contributed by atoms with Crippen molar-refractivity contribution in [2.45, 2.75) is 5.25 Å². The molecule has 1 aliphatic heterocycles. The maximum absolute atomic E-state index is 11.5. The largest absolute Gasteiger partial charge is 0.383 e. The highest BCUT2D eigenvalue weighted by atomic mass is 32.2. The Labute approximate surface area is 85.1 Å². The normalized spacial score (nSPS) is 27.7. The Morgan fingerprint density at radius 3 is 2.86 bits per heavy atom. The number of nitrogens with zero attached hydrogens (tertiary/aromatic N) is 1. The summed E-state index contributed by atoms with van der Waals surface area (Å²) in [5.41, 5.74) is 5.43. The van der Waals surface area contributed by atoms with Crippen molar-refractivity contribution in [3.8, 4) is 0 Å². The number of ether oxygens (including phenoxy) is 1. The molecule has 0 bridgehead atoms. The topological polar surface area (TPSA) is 72.6 Å². The molecule has 1 atom stereocenters. The summed E-state index contributed by atoms with van der Waals surface area (Å²) in [6, 6.07) is 0. The Hall–Kier alpha value is -0.170. The first-order valence-corrected chi connectivity index (χ1v) is 6.44. The molecular weight excluding hydrogens is 204 g/mol. The summed E-state index contributed by atoms with van der Waals surface area (Å²) in [7, 11) is -1.30. The van der Waals surface area contributed by atoms with E-state index in [1.807, 2.05) is 0 Å². The maximum Gasteiger partial charge on any atom is 0.156 e. The van der Waals surface area contributed by atoms with E-state index in [1.54, 1.807) is 7.11 Å². The van der Waals surface area contributed by atoms with E-state index in [-0.39, 0.29) is 12.3 Å². The lowest BCUT2D eigenvalue weighted by Crippen LogP contribution is -2.50. The molecule has 5 nitrogen and oxygen atoms in total. The van der Waals surface area contributed by atoms with E-state index in [0.29, 0.717) is 19.7 Å². The standard InChI is InChI=1S/C8H18N2O3S/c1-13-4-2-10-3-5-14(11,12)8(6-9)7-10/h8H,2-7,9H2,1H3. The van der Waals surface area contributed by atoms with E-state index in [9.17, 15) is 8.42 Å². The van der Waals surface area contributed by atoms with Crippen molar-refractivity contribution in [1.29, 1.82) is 0 Å². The summed E-state index contributed by atoms with van der Waals surface area (Å²) in [5, 5.41) is -0.395. The summed E-state index contributed by atoms with van der Waals surface area (Å²) in [5.74, 6) is 0.221. The Kier molecular flexibility index (Phi) is 4.31. The third-order valence-corrected chi connectivity index (χ3v) is 4.65. The molecule has 0 amide bonds. The van der Waals surface area contributed by atoms with Gasteiger partial charge in [-0.05, 0) is 0 Å². The summed E-state index contributed by atoms with van der Waals surface area (Å²) in [4.78, 5) is 2.09. The van der Waals surface area contributed by atoms with Gasteiger partial charge in [-0.2, -0.15) is 0 Å². The van der Waals surface area contributed by atoms with E-state index < -0.39 is 15.1 Å². The smallest absolute Gasteiger partial charge is 0.156 e. The first-order chi connectivity index (χ1) is 6.60. The number of rotatable bonds is 4. The average Bonchev–Trinajstić information content (AvgIpc) is 2.16. The molecule has 1 aliphatic rings. The van der Waals surface area contributed by atoms with Crippen LogP contribution in [0.15, 0.2) is 0 Å². The number of sulfone groups is 1. The monoisotopic (exact) mass is 222 g/mol. The van der Waals surface area contributed by atoms with Crippen LogP contribution < -0.4 is 5.73 Å². The number of methoxy groups -OCH3 is 1. The molecule has 1 unspecified atom stereocenters. The van der Waals surface area contributed by atoms with Crippen LogP contribution in [0.5, 0.6) is 0 Å². The van der Waals surface area contributed by atoms with E-state index >= 15 is 0 Å². The molecule has 84 valence electrons. The Bertz CT molecular complexity index is 266. The van der Waals surface area contributed by atoms with Crippen LogP contribution in [-0.4, -0.2) is 64.2 Å². The van der Waals surface area contributed by atoms with Crippen LogP contribution >= 0.6 is 0 Å². The summed E-state index contributed by atoms with van der Waals surface area (Å²) in [6.07, 6.45) is 0. The molecule has 0 spiro atoms. The molecule has 0 radical (unpaired) electrons. The lowest BCUT2D eigenvalue weighted by molar-refractivity contribution is 0.148. The first kappa shape index (κ1) is 11.9. The van der Waals surface area contributed by atoms with Crippen molar-refractivity contribution >= 4 is 9.84 Å². The maximum atomic E-state index is 11.5. The average molecular weight is 222 g/mol. The van der Waals surface area contributed by atoms with Crippen molar-refractivity contribution in [2.75, 3.05) is 45.6 Å². The first-order valence-electron chi connectivity index (χ1n) is 4.73. The fourth-order valence-corrected chi connectivity index (χ4v) is 3.14. The van der Waals surface area contributed by atoms with E-state index in [0.717, 1.165) is 6.54 Å². The Balaban J connectivity index is 2.49. The van der Waals surface area contributed by atoms with E-state index in [4.69, 9.17) is 10.5 Å². The number of hydrogen-bond acceptors (Lipinski definition) is 5. The molecule has 2 N–H and O–H groups in total. The minimum absolute atomic E-state index is 0.214. The van der Waals surface area contributed by atoms with Crippen LogP contribution in [0.4, 0.5) is 0 Å². The molecule has 0 aromatic heterocycles. The van der Waals surface area contributed by atoms with Gasteiger partial charge in [0.2, 0.25) is 0 Å². The van der Waals surface area contributed by atoms with Gasteiger partial charge in [-0.3, -0.25) is 4.90 Å². The highest BCUT2D eigenvalue weighted by Crippen LogP contribution is 2.10. The van der Waals surface area contributed by atoms with Gasteiger partial charge in [0.05, 0.1) is 17.6 Å². The second kappa shape index (κ2) is 5.06. The van der Waals surface area contributed by atoms with Crippen LogP contribution in [0.3, 0.4) is 0 Å². The van der Waals surface area contributed by atoms with Crippen LogP contribution in [0.25, 0.3) is 0 Å². The number of hydrogen-bond donors (Lipinski definition) is 1. The predicted molar refractivity (Wildman–Crippen MR) is 54.9 cm³/mol. The molecule has 1 fully saturated rings. The van der Waals surface area contributed by atoms with Crippen molar-refractivity contribution in [2.24, 2.45) is 5.73 Å². The quantitative estimate of drug-likeness (QED) is 0.639. The lowest BCUT2D eigenvalue weighted by Gasteiger charge is -2.31. The molecule has 1 rings (SSSR count). The second-order valence-electron chi connectivity index (χ2n) is 3.52. The van der Waals surface area contributed by atoms with Crippen LogP contribution in [0.2, 0.25) is 0 Å². The fourth-order valence-electron chi connectivity index (χ4n) is 1.56. The van der Waals surface area contributed by atoms with E-state index in [2.05, 4.69) is 4.90 Å². The van der Waals surface area contributed by atoms with Crippen molar-refractivity contribution in [3.05, 3.63) is 0 Å². The SMILES string of the molecule is COCCN1CCS(=O)(=O)C(CN)C1. The minimum atomic E-state index is -2.94. The predicted octanol–water partition coefficient (Wildman–Crippen LogP) is -1.31. The molecule has 1 saturated heterocycles. The number of nitrogens with two attached hydrogens (primary N) is 1. The van der Waals surface area contributed by atoms with Gasteiger partial charge in [-0.15, -0.1) is 0 Å². The molecule has 14 heavy (non-hydrogen) atoms. The highest BCUT2D eigenvalue weighted by Gasteiger charge is 2.31. The van der Waals surface area contributed by atoms with Crippen molar-refractivity contribution < 1.29 is 13.2 Å². The van der Waals surface area contributed by atoms with Crippen molar-refractivity contribution in [3.63, 3.8) is 0 Å².